The summed E-state index contributed by atoms with van der Waals surface area (Å²) < 4.78 is 5.21. The van der Waals surface area contributed by atoms with E-state index in [2.05, 4.69) is 0 Å². The van der Waals surface area contributed by atoms with Gasteiger partial charge in [-0.2, -0.15) is 0 Å². The van der Waals surface area contributed by atoms with E-state index in [0.29, 0.717) is 58.0 Å². The predicted molar refractivity (Wildman–Crippen MR) is 95.8 cm³/mol. The highest BCUT2D eigenvalue weighted by Crippen LogP contribution is 2.14. The number of nitrogens with zero attached hydrogens (tertiary/aromatic N) is 3. The molecule has 3 rings (SSSR count). The molecule has 0 atom stereocenters. The molecule has 2 fully saturated rings. The van der Waals surface area contributed by atoms with Gasteiger partial charge in [0.25, 0.3) is 5.91 Å². The van der Waals surface area contributed by atoms with Gasteiger partial charge in [0.2, 0.25) is 0 Å². The van der Waals surface area contributed by atoms with E-state index in [1.165, 1.54) is 0 Å². The fraction of sp³-hybridized carbons (Fsp3) is 0.526. The first-order valence-electron chi connectivity index (χ1n) is 8.99. The Morgan fingerprint density at radius 1 is 0.731 bits per heavy atom. The van der Waals surface area contributed by atoms with E-state index in [1.54, 1.807) is 14.7 Å². The summed E-state index contributed by atoms with van der Waals surface area (Å²) in [5.74, 6) is -0.976. The summed E-state index contributed by atoms with van der Waals surface area (Å²) in [5.41, 5.74) is 2.78. The summed E-state index contributed by atoms with van der Waals surface area (Å²) in [4.78, 5) is 42.3. The number of rotatable bonds is 1. The smallest absolute Gasteiger partial charge is 0.312 e. The van der Waals surface area contributed by atoms with Gasteiger partial charge in [0.05, 0.1) is 13.2 Å². The van der Waals surface area contributed by atoms with Gasteiger partial charge >= 0.3 is 11.8 Å². The van der Waals surface area contributed by atoms with E-state index in [9.17, 15) is 14.4 Å². The number of ether oxygens (including phenoxy) is 1. The molecule has 0 bridgehead atoms. The van der Waals surface area contributed by atoms with Gasteiger partial charge in [-0.3, -0.25) is 14.4 Å². The zero-order valence-corrected chi connectivity index (χ0v) is 15.4. The number of amides is 3. The van der Waals surface area contributed by atoms with Crippen LogP contribution in [0, 0.1) is 13.8 Å². The molecule has 0 unspecified atom stereocenters. The summed E-state index contributed by atoms with van der Waals surface area (Å²) in [6.45, 7) is 7.42. The average molecular weight is 359 g/mol. The normalized spacial score (nSPS) is 18.0. The zero-order valence-electron chi connectivity index (χ0n) is 15.4. The van der Waals surface area contributed by atoms with Gasteiger partial charge in [0.15, 0.2) is 0 Å². The van der Waals surface area contributed by atoms with Crippen LogP contribution in [0.15, 0.2) is 18.2 Å². The molecule has 0 radical (unpaired) electrons. The van der Waals surface area contributed by atoms with Crippen molar-refractivity contribution in [3.8, 4) is 0 Å². The van der Waals surface area contributed by atoms with E-state index in [1.807, 2.05) is 32.0 Å². The van der Waals surface area contributed by atoms with Crippen molar-refractivity contribution in [3.63, 3.8) is 0 Å². The molecule has 0 saturated carbocycles. The van der Waals surface area contributed by atoms with Crippen molar-refractivity contribution >= 4 is 17.7 Å². The summed E-state index contributed by atoms with van der Waals surface area (Å²) in [5, 5.41) is 0. The van der Waals surface area contributed by atoms with Crippen molar-refractivity contribution in [1.29, 1.82) is 0 Å². The van der Waals surface area contributed by atoms with Crippen LogP contribution in [-0.4, -0.2) is 84.9 Å². The van der Waals surface area contributed by atoms with Crippen molar-refractivity contribution in [1.82, 2.24) is 14.7 Å². The Labute approximate surface area is 153 Å². The second-order valence-corrected chi connectivity index (χ2v) is 6.87. The molecule has 2 saturated heterocycles. The van der Waals surface area contributed by atoms with Gasteiger partial charge in [-0.25, -0.2) is 0 Å². The van der Waals surface area contributed by atoms with E-state index >= 15 is 0 Å². The second-order valence-electron chi connectivity index (χ2n) is 6.87. The average Bonchev–Trinajstić information content (AvgIpc) is 2.66. The SMILES string of the molecule is Cc1cc(C)cc(C(=O)N2CCN(C(=O)C(=O)N3CCOCC3)CC2)c1. The summed E-state index contributed by atoms with van der Waals surface area (Å²) in [6.07, 6.45) is 0. The molecular weight excluding hydrogens is 334 g/mol. The van der Waals surface area contributed by atoms with Gasteiger partial charge in [-0.1, -0.05) is 17.2 Å². The first-order valence-corrected chi connectivity index (χ1v) is 8.99. The van der Waals surface area contributed by atoms with E-state index in [0.717, 1.165) is 11.1 Å². The lowest BCUT2D eigenvalue weighted by Gasteiger charge is -2.36. The molecule has 140 valence electrons. The summed E-state index contributed by atoms with van der Waals surface area (Å²) >= 11 is 0. The Morgan fingerprint density at radius 2 is 1.19 bits per heavy atom. The molecule has 1 aromatic carbocycles. The number of benzene rings is 1. The lowest BCUT2D eigenvalue weighted by molar-refractivity contribution is -0.154. The highest BCUT2D eigenvalue weighted by atomic mass is 16.5. The maximum absolute atomic E-state index is 12.7. The summed E-state index contributed by atoms with van der Waals surface area (Å²) in [6, 6.07) is 5.80. The third-order valence-corrected chi connectivity index (χ3v) is 4.80. The highest BCUT2D eigenvalue weighted by molar-refractivity contribution is 6.34. The third kappa shape index (κ3) is 4.04. The van der Waals surface area contributed by atoms with E-state index in [-0.39, 0.29) is 5.91 Å². The number of hydrogen-bond acceptors (Lipinski definition) is 4. The van der Waals surface area contributed by atoms with Crippen molar-refractivity contribution in [2.45, 2.75) is 13.8 Å². The second kappa shape index (κ2) is 7.86. The number of carbonyl (C=O) groups is 3. The zero-order chi connectivity index (χ0) is 18.7. The number of morpholine rings is 1. The van der Waals surface area contributed by atoms with Crippen LogP contribution in [0.4, 0.5) is 0 Å². The lowest BCUT2D eigenvalue weighted by Crippen LogP contribution is -2.55. The van der Waals surface area contributed by atoms with E-state index in [4.69, 9.17) is 4.74 Å². The molecule has 0 spiro atoms. The van der Waals surface area contributed by atoms with Crippen LogP contribution in [0.2, 0.25) is 0 Å². The molecule has 7 heteroatoms. The highest BCUT2D eigenvalue weighted by Gasteiger charge is 2.31. The first-order chi connectivity index (χ1) is 12.5. The van der Waals surface area contributed by atoms with Gasteiger partial charge in [0.1, 0.15) is 0 Å². The number of carbonyl (C=O) groups excluding carboxylic acids is 3. The topological polar surface area (TPSA) is 70.2 Å². The molecule has 26 heavy (non-hydrogen) atoms. The van der Waals surface area contributed by atoms with Crippen molar-refractivity contribution in [2.75, 3.05) is 52.5 Å². The van der Waals surface area contributed by atoms with Crippen molar-refractivity contribution in [3.05, 3.63) is 34.9 Å². The Morgan fingerprint density at radius 3 is 1.73 bits per heavy atom. The van der Waals surface area contributed by atoms with Crippen LogP contribution in [0.3, 0.4) is 0 Å². The molecule has 2 aliphatic rings. The van der Waals surface area contributed by atoms with Crippen LogP contribution < -0.4 is 0 Å². The first kappa shape index (κ1) is 18.4. The molecule has 0 aliphatic carbocycles. The fourth-order valence-electron chi connectivity index (χ4n) is 3.43. The van der Waals surface area contributed by atoms with Crippen molar-refractivity contribution in [2.24, 2.45) is 0 Å². The van der Waals surface area contributed by atoms with Crippen LogP contribution in [0.25, 0.3) is 0 Å². The van der Waals surface area contributed by atoms with Gasteiger partial charge < -0.3 is 19.4 Å². The molecule has 7 nitrogen and oxygen atoms in total. The molecule has 0 aromatic heterocycles. The van der Waals surface area contributed by atoms with Crippen LogP contribution >= 0.6 is 0 Å². The Kier molecular flexibility index (Phi) is 5.56. The number of hydrogen-bond donors (Lipinski definition) is 0. The number of aryl methyl sites for hydroxylation is 2. The van der Waals surface area contributed by atoms with E-state index < -0.39 is 11.8 Å². The maximum Gasteiger partial charge on any atom is 0.312 e. The van der Waals surface area contributed by atoms with Crippen LogP contribution in [-0.2, 0) is 14.3 Å². The Hall–Kier alpha value is -2.41. The quantitative estimate of drug-likeness (QED) is 0.683. The minimum Gasteiger partial charge on any atom is -0.378 e. The predicted octanol–water partition coefficient (Wildman–Crippen LogP) is 0.447. The standard InChI is InChI=1S/C19H25N3O4/c1-14-11-15(2)13-16(12-14)17(23)20-3-5-21(6-4-20)18(24)19(25)22-7-9-26-10-8-22/h11-13H,3-10H2,1-2H3. The molecule has 3 amide bonds. The lowest BCUT2D eigenvalue weighted by atomic mass is 10.1. The molecular formula is C19H25N3O4. The molecule has 2 aliphatic heterocycles. The van der Waals surface area contributed by atoms with Crippen LogP contribution in [0.1, 0.15) is 21.5 Å². The molecule has 0 N–H and O–H groups in total. The van der Waals surface area contributed by atoms with Gasteiger partial charge in [0, 0.05) is 44.8 Å². The number of piperazine rings is 1. The van der Waals surface area contributed by atoms with Gasteiger partial charge in [-0.15, -0.1) is 0 Å². The Balaban J connectivity index is 1.57. The summed E-state index contributed by atoms with van der Waals surface area (Å²) in [7, 11) is 0. The van der Waals surface area contributed by atoms with Gasteiger partial charge in [-0.05, 0) is 26.0 Å². The monoisotopic (exact) mass is 359 g/mol. The Bertz CT molecular complexity index is 684. The molecule has 2 heterocycles. The minimum absolute atomic E-state index is 0.0246. The van der Waals surface area contributed by atoms with Crippen molar-refractivity contribution < 1.29 is 19.1 Å². The third-order valence-electron chi connectivity index (χ3n) is 4.80. The fourth-order valence-corrected chi connectivity index (χ4v) is 3.43. The minimum atomic E-state index is -0.481. The largest absolute Gasteiger partial charge is 0.378 e. The molecule has 1 aromatic rings. The van der Waals surface area contributed by atoms with Crippen LogP contribution in [0.5, 0.6) is 0 Å². The maximum atomic E-state index is 12.7.